The average Bonchev–Trinajstić information content (AvgIpc) is 2.96. The van der Waals surface area contributed by atoms with E-state index in [9.17, 15) is 14.9 Å². The Hall–Kier alpha value is -4.39. The summed E-state index contributed by atoms with van der Waals surface area (Å²) in [6.07, 6.45) is 0. The molecule has 1 atom stereocenters. The molecule has 0 spiro atoms. The summed E-state index contributed by atoms with van der Waals surface area (Å²) >= 11 is 7.74. The molecule has 204 valence electrons. The molecule has 1 heterocycles. The van der Waals surface area contributed by atoms with E-state index in [1.54, 1.807) is 62.6 Å². The smallest absolute Gasteiger partial charge is 0.254 e. The minimum absolute atomic E-state index is 0.00321. The second-order valence-electron chi connectivity index (χ2n) is 8.70. The van der Waals surface area contributed by atoms with Crippen LogP contribution in [0.4, 0.5) is 11.4 Å². The maximum atomic E-state index is 13.5. The number of carbonyl (C=O) groups excluding carboxylic acids is 2. The Bertz CT molecular complexity index is 1530. The third kappa shape index (κ3) is 6.42. The number of hydrogen-bond donors (Lipinski definition) is 3. The van der Waals surface area contributed by atoms with Crippen LogP contribution in [0, 0.1) is 11.3 Å². The fourth-order valence-corrected chi connectivity index (χ4v) is 5.43. The summed E-state index contributed by atoms with van der Waals surface area (Å²) < 4.78 is 10.6. The van der Waals surface area contributed by atoms with Crippen molar-refractivity contribution in [3.63, 3.8) is 0 Å². The summed E-state index contributed by atoms with van der Waals surface area (Å²) in [5.41, 5.74) is 2.94. The highest BCUT2D eigenvalue weighted by molar-refractivity contribution is 8.03. The fourth-order valence-electron chi connectivity index (χ4n) is 4.29. The Morgan fingerprint density at radius 2 is 1.75 bits per heavy atom. The zero-order valence-electron chi connectivity index (χ0n) is 22.1. The predicted molar refractivity (Wildman–Crippen MR) is 158 cm³/mol. The van der Waals surface area contributed by atoms with Gasteiger partial charge in [0.25, 0.3) is 5.91 Å². The van der Waals surface area contributed by atoms with Gasteiger partial charge in [-0.1, -0.05) is 59.8 Å². The van der Waals surface area contributed by atoms with Crippen molar-refractivity contribution in [3.8, 4) is 17.6 Å². The van der Waals surface area contributed by atoms with Gasteiger partial charge in [0.1, 0.15) is 11.5 Å². The Labute approximate surface area is 242 Å². The van der Waals surface area contributed by atoms with Crippen LogP contribution in [-0.4, -0.2) is 31.8 Å². The highest BCUT2D eigenvalue weighted by Gasteiger charge is 2.36. The number of anilines is 2. The summed E-state index contributed by atoms with van der Waals surface area (Å²) in [5, 5.41) is 20.1. The zero-order valence-corrected chi connectivity index (χ0v) is 23.7. The number of nitriles is 1. The Morgan fingerprint density at radius 1 is 1.02 bits per heavy atom. The number of methoxy groups -OCH3 is 2. The van der Waals surface area contributed by atoms with E-state index in [1.165, 1.54) is 7.11 Å². The van der Waals surface area contributed by atoms with Crippen molar-refractivity contribution in [1.82, 2.24) is 5.32 Å². The van der Waals surface area contributed by atoms with Crippen molar-refractivity contribution in [2.45, 2.75) is 12.8 Å². The van der Waals surface area contributed by atoms with Gasteiger partial charge in [-0.3, -0.25) is 9.59 Å². The number of dihydropyridines is 1. The summed E-state index contributed by atoms with van der Waals surface area (Å²) in [5.74, 6) is -0.352. The normalized spacial score (nSPS) is 14.6. The standard InChI is InChI=1S/C30H27ClN4O4S/c1-18-27(29(37)34-19-9-5-4-6-10-19)28(21-11-7-8-12-23(21)31)22(16-32)30(33-18)40-17-26(36)35-24-14-13-20(38-2)15-25(24)39-3/h4-15,28,33H,17H2,1-3H3,(H,34,37)(H,35,36)/t28-/m0/s1. The van der Waals surface area contributed by atoms with Crippen LogP contribution < -0.4 is 25.4 Å². The molecule has 0 aliphatic carbocycles. The van der Waals surface area contributed by atoms with Crippen LogP contribution >= 0.6 is 23.4 Å². The molecule has 0 aromatic heterocycles. The van der Waals surface area contributed by atoms with Gasteiger partial charge < -0.3 is 25.4 Å². The van der Waals surface area contributed by atoms with Crippen LogP contribution in [0.15, 0.2) is 94.7 Å². The first-order chi connectivity index (χ1) is 19.4. The molecule has 3 aromatic rings. The second kappa shape index (κ2) is 13.1. The number of ether oxygens (including phenoxy) is 2. The number of amides is 2. The highest BCUT2D eigenvalue weighted by Crippen LogP contribution is 2.43. The molecular weight excluding hydrogens is 548 g/mol. The van der Waals surface area contributed by atoms with Gasteiger partial charge in [-0.05, 0) is 42.8 Å². The van der Waals surface area contributed by atoms with E-state index in [-0.39, 0.29) is 23.1 Å². The molecule has 0 saturated heterocycles. The minimum Gasteiger partial charge on any atom is -0.497 e. The number of halogens is 1. The Morgan fingerprint density at radius 3 is 2.42 bits per heavy atom. The number of allylic oxidation sites excluding steroid dienone is 2. The Balaban J connectivity index is 1.62. The lowest BCUT2D eigenvalue weighted by Gasteiger charge is -2.30. The molecule has 4 rings (SSSR count). The van der Waals surface area contributed by atoms with E-state index in [0.29, 0.717) is 49.8 Å². The quantitative estimate of drug-likeness (QED) is 0.284. The summed E-state index contributed by atoms with van der Waals surface area (Å²) in [6, 6.07) is 23.5. The monoisotopic (exact) mass is 574 g/mol. The first kappa shape index (κ1) is 28.6. The fraction of sp³-hybridized carbons (Fsp3) is 0.167. The SMILES string of the molecule is COc1ccc(NC(=O)CSC2=C(C#N)[C@H](c3ccccc3Cl)C(C(=O)Nc3ccccc3)=C(C)N2)c(OC)c1. The van der Waals surface area contributed by atoms with Gasteiger partial charge in [-0.15, -0.1) is 0 Å². The maximum absolute atomic E-state index is 13.5. The third-order valence-corrected chi connectivity index (χ3v) is 7.53. The maximum Gasteiger partial charge on any atom is 0.254 e. The van der Waals surface area contributed by atoms with Crippen molar-refractivity contribution in [3.05, 3.63) is 105 Å². The zero-order chi connectivity index (χ0) is 28.6. The van der Waals surface area contributed by atoms with Gasteiger partial charge >= 0.3 is 0 Å². The third-order valence-electron chi connectivity index (χ3n) is 6.17. The lowest BCUT2D eigenvalue weighted by atomic mass is 9.82. The molecule has 1 aliphatic rings. The van der Waals surface area contributed by atoms with Gasteiger partial charge in [0.2, 0.25) is 5.91 Å². The van der Waals surface area contributed by atoms with Crippen molar-refractivity contribution in [2.75, 3.05) is 30.6 Å². The lowest BCUT2D eigenvalue weighted by molar-refractivity contribution is -0.114. The number of hydrogen-bond acceptors (Lipinski definition) is 7. The van der Waals surface area contributed by atoms with Crippen LogP contribution in [0.3, 0.4) is 0 Å². The van der Waals surface area contributed by atoms with E-state index in [1.807, 2.05) is 24.3 Å². The summed E-state index contributed by atoms with van der Waals surface area (Å²) in [7, 11) is 3.05. The number of nitrogens with one attached hydrogen (secondary N) is 3. The molecule has 0 fully saturated rings. The van der Waals surface area contributed by atoms with Gasteiger partial charge in [0, 0.05) is 28.0 Å². The van der Waals surface area contributed by atoms with Gasteiger partial charge in [-0.25, -0.2) is 0 Å². The average molecular weight is 575 g/mol. The molecule has 0 saturated carbocycles. The molecule has 0 unspecified atom stereocenters. The number of thioether (sulfide) groups is 1. The van der Waals surface area contributed by atoms with E-state index in [4.69, 9.17) is 21.1 Å². The van der Waals surface area contributed by atoms with E-state index in [2.05, 4.69) is 22.0 Å². The highest BCUT2D eigenvalue weighted by atomic mass is 35.5. The number of nitrogens with zero attached hydrogens (tertiary/aromatic N) is 1. The molecule has 0 radical (unpaired) electrons. The van der Waals surface area contributed by atoms with Gasteiger partial charge in [0.05, 0.1) is 48.2 Å². The second-order valence-corrected chi connectivity index (χ2v) is 10.1. The van der Waals surface area contributed by atoms with Crippen LogP contribution in [0.2, 0.25) is 5.02 Å². The first-order valence-electron chi connectivity index (χ1n) is 12.2. The predicted octanol–water partition coefficient (Wildman–Crippen LogP) is 6.06. The van der Waals surface area contributed by atoms with Crippen molar-refractivity contribution in [1.29, 1.82) is 5.26 Å². The van der Waals surface area contributed by atoms with Crippen LogP contribution in [0.1, 0.15) is 18.4 Å². The number of para-hydroxylation sites is 1. The van der Waals surface area contributed by atoms with Crippen LogP contribution in [0.5, 0.6) is 11.5 Å². The molecule has 2 amide bonds. The van der Waals surface area contributed by atoms with E-state index < -0.39 is 5.92 Å². The van der Waals surface area contributed by atoms with Gasteiger partial charge in [0.15, 0.2) is 0 Å². The minimum atomic E-state index is -0.740. The largest absolute Gasteiger partial charge is 0.497 e. The van der Waals surface area contributed by atoms with E-state index in [0.717, 1.165) is 11.8 Å². The molecular formula is C30H27ClN4O4S. The molecule has 10 heteroatoms. The first-order valence-corrected chi connectivity index (χ1v) is 13.6. The summed E-state index contributed by atoms with van der Waals surface area (Å²) in [4.78, 5) is 26.4. The molecule has 40 heavy (non-hydrogen) atoms. The number of carbonyl (C=O) groups is 2. The van der Waals surface area contributed by atoms with Crippen LogP contribution in [0.25, 0.3) is 0 Å². The topological polar surface area (TPSA) is 112 Å². The summed E-state index contributed by atoms with van der Waals surface area (Å²) in [6.45, 7) is 1.76. The molecule has 8 nitrogen and oxygen atoms in total. The van der Waals surface area contributed by atoms with Crippen molar-refractivity contribution in [2.24, 2.45) is 0 Å². The van der Waals surface area contributed by atoms with Crippen molar-refractivity contribution >= 4 is 46.6 Å². The van der Waals surface area contributed by atoms with Crippen LogP contribution in [-0.2, 0) is 9.59 Å². The molecule has 3 aromatic carbocycles. The number of benzene rings is 3. The molecule has 1 aliphatic heterocycles. The number of rotatable bonds is 9. The lowest BCUT2D eigenvalue weighted by Crippen LogP contribution is -2.31. The molecule has 0 bridgehead atoms. The Kier molecular flexibility index (Phi) is 9.38. The van der Waals surface area contributed by atoms with E-state index >= 15 is 0 Å². The molecule has 3 N–H and O–H groups in total. The van der Waals surface area contributed by atoms with Gasteiger partial charge in [-0.2, -0.15) is 5.26 Å². The van der Waals surface area contributed by atoms with Crippen molar-refractivity contribution < 1.29 is 19.1 Å².